The van der Waals surface area contributed by atoms with E-state index in [1.165, 1.54) is 0 Å². The van der Waals surface area contributed by atoms with Crippen molar-refractivity contribution in [2.24, 2.45) is 0 Å². The van der Waals surface area contributed by atoms with Gasteiger partial charge in [-0.05, 0) is 49.6 Å². The molecule has 0 spiro atoms. The molecule has 0 fully saturated rings. The van der Waals surface area contributed by atoms with Gasteiger partial charge in [-0.25, -0.2) is 0 Å². The van der Waals surface area contributed by atoms with Gasteiger partial charge in [0.1, 0.15) is 5.75 Å². The van der Waals surface area contributed by atoms with Crippen LogP contribution in [-0.4, -0.2) is 17.5 Å². The van der Waals surface area contributed by atoms with Crippen molar-refractivity contribution in [3.05, 3.63) is 64.2 Å². The van der Waals surface area contributed by atoms with E-state index in [2.05, 4.69) is 0 Å². The van der Waals surface area contributed by atoms with Crippen LogP contribution in [0.3, 0.4) is 0 Å². The number of aliphatic hydroxyl groups is 1. The predicted octanol–water partition coefficient (Wildman–Crippen LogP) is 3.37. The lowest BCUT2D eigenvalue weighted by atomic mass is 9.97. The molecule has 2 aromatic carbocycles. The van der Waals surface area contributed by atoms with Gasteiger partial charge in [-0.2, -0.15) is 0 Å². The lowest BCUT2D eigenvalue weighted by molar-refractivity contribution is 0.0920. The van der Waals surface area contributed by atoms with Crippen molar-refractivity contribution in [1.82, 2.24) is 0 Å². The first-order chi connectivity index (χ1) is 10.0. The Morgan fingerprint density at radius 1 is 1.10 bits per heavy atom. The smallest absolute Gasteiger partial charge is 0.200 e. The minimum absolute atomic E-state index is 0.000374. The van der Waals surface area contributed by atoms with Crippen LogP contribution in [0.15, 0.2) is 36.4 Å². The molecule has 0 saturated carbocycles. The molecule has 0 atom stereocenters. The molecule has 1 N–H and O–H groups in total. The Kier molecular flexibility index (Phi) is 4.76. The third-order valence-electron chi connectivity index (χ3n) is 3.41. The third kappa shape index (κ3) is 3.70. The molecule has 0 aliphatic heterocycles. The molecule has 21 heavy (non-hydrogen) atoms. The van der Waals surface area contributed by atoms with Crippen molar-refractivity contribution in [2.45, 2.75) is 27.4 Å². The number of Topliss-reactive ketones (excluding diaryl/α,β-unsaturated/α-hetero) is 1. The van der Waals surface area contributed by atoms with Crippen LogP contribution < -0.4 is 4.74 Å². The van der Waals surface area contributed by atoms with Crippen molar-refractivity contribution < 1.29 is 14.6 Å². The summed E-state index contributed by atoms with van der Waals surface area (Å²) in [5.41, 5.74) is 4.61. The Balaban J connectivity index is 2.12. The van der Waals surface area contributed by atoms with Crippen LogP contribution in [0.2, 0.25) is 0 Å². The number of aryl methyl sites for hydroxylation is 3. The first-order valence-corrected chi connectivity index (χ1v) is 6.95. The van der Waals surface area contributed by atoms with Gasteiger partial charge in [-0.15, -0.1) is 0 Å². The highest BCUT2D eigenvalue weighted by Gasteiger charge is 2.13. The second-order valence-corrected chi connectivity index (χ2v) is 5.29. The first kappa shape index (κ1) is 15.3. The molecule has 2 aromatic rings. The van der Waals surface area contributed by atoms with Crippen molar-refractivity contribution in [3.8, 4) is 5.75 Å². The molecular weight excluding hydrogens is 264 g/mol. The highest BCUT2D eigenvalue weighted by molar-refractivity contribution is 6.00. The summed E-state index contributed by atoms with van der Waals surface area (Å²) >= 11 is 0. The molecule has 0 aliphatic rings. The number of ketones is 1. The summed E-state index contributed by atoms with van der Waals surface area (Å²) in [4.78, 5) is 12.4. The van der Waals surface area contributed by atoms with Crippen LogP contribution in [0.1, 0.15) is 32.6 Å². The van der Waals surface area contributed by atoms with Gasteiger partial charge in [-0.3, -0.25) is 4.79 Å². The minimum atomic E-state index is -0.0404. The maximum Gasteiger partial charge on any atom is 0.200 e. The summed E-state index contributed by atoms with van der Waals surface area (Å²) in [6, 6.07) is 11.1. The van der Waals surface area contributed by atoms with E-state index < -0.39 is 0 Å². The van der Waals surface area contributed by atoms with E-state index in [-0.39, 0.29) is 19.0 Å². The van der Waals surface area contributed by atoms with E-state index in [0.717, 1.165) is 27.8 Å². The predicted molar refractivity (Wildman–Crippen MR) is 82.8 cm³/mol. The van der Waals surface area contributed by atoms with Crippen LogP contribution in [0, 0.1) is 20.8 Å². The van der Waals surface area contributed by atoms with Gasteiger partial charge in [0.05, 0.1) is 6.61 Å². The molecule has 3 nitrogen and oxygen atoms in total. The van der Waals surface area contributed by atoms with Crippen molar-refractivity contribution in [2.75, 3.05) is 6.61 Å². The van der Waals surface area contributed by atoms with E-state index in [4.69, 9.17) is 9.84 Å². The van der Waals surface area contributed by atoms with Gasteiger partial charge >= 0.3 is 0 Å². The van der Waals surface area contributed by atoms with Gasteiger partial charge < -0.3 is 9.84 Å². The topological polar surface area (TPSA) is 46.5 Å². The van der Waals surface area contributed by atoms with Crippen LogP contribution in [0.25, 0.3) is 0 Å². The summed E-state index contributed by atoms with van der Waals surface area (Å²) in [6.07, 6.45) is 0. The fourth-order valence-electron chi connectivity index (χ4n) is 2.57. The number of benzene rings is 2. The Morgan fingerprint density at radius 3 is 2.38 bits per heavy atom. The molecule has 110 valence electrons. The van der Waals surface area contributed by atoms with E-state index in [0.29, 0.717) is 5.75 Å². The molecule has 0 aromatic heterocycles. The van der Waals surface area contributed by atoms with Gasteiger partial charge in [0.25, 0.3) is 0 Å². The van der Waals surface area contributed by atoms with Crippen LogP contribution >= 0.6 is 0 Å². The molecule has 0 bridgehead atoms. The van der Waals surface area contributed by atoms with E-state index in [1.54, 1.807) is 18.2 Å². The zero-order valence-electron chi connectivity index (χ0n) is 12.6. The molecule has 3 heteroatoms. The summed E-state index contributed by atoms with van der Waals surface area (Å²) in [5, 5.41) is 9.09. The van der Waals surface area contributed by atoms with Crippen molar-refractivity contribution in [1.29, 1.82) is 0 Å². The molecule has 0 unspecified atom stereocenters. The Bertz CT molecular complexity index is 636. The Hall–Kier alpha value is -2.13. The lowest BCUT2D eigenvalue weighted by Gasteiger charge is -2.11. The molecule has 0 amide bonds. The standard InChI is InChI=1S/C18H20O3/c1-12-7-13(2)18(14(3)8-12)17(20)11-21-16-6-4-5-15(9-16)10-19/h4-9,19H,10-11H2,1-3H3. The maximum atomic E-state index is 12.4. The number of aliphatic hydroxyl groups excluding tert-OH is 1. The highest BCUT2D eigenvalue weighted by Crippen LogP contribution is 2.18. The summed E-state index contributed by atoms with van der Waals surface area (Å²) in [6.45, 7) is 5.87. The Morgan fingerprint density at radius 2 is 1.76 bits per heavy atom. The third-order valence-corrected chi connectivity index (χ3v) is 3.41. The average molecular weight is 284 g/mol. The quantitative estimate of drug-likeness (QED) is 0.856. The van der Waals surface area contributed by atoms with Crippen molar-refractivity contribution in [3.63, 3.8) is 0 Å². The number of ether oxygens (including phenoxy) is 1. The maximum absolute atomic E-state index is 12.4. The molecule has 0 aliphatic carbocycles. The summed E-state index contributed by atoms with van der Waals surface area (Å²) < 4.78 is 5.54. The molecular formula is C18H20O3. The largest absolute Gasteiger partial charge is 0.485 e. The number of hydrogen-bond acceptors (Lipinski definition) is 3. The van der Waals surface area contributed by atoms with Crippen LogP contribution in [-0.2, 0) is 6.61 Å². The minimum Gasteiger partial charge on any atom is -0.485 e. The van der Waals surface area contributed by atoms with Crippen LogP contribution in [0.4, 0.5) is 0 Å². The van der Waals surface area contributed by atoms with Gasteiger partial charge in [0.15, 0.2) is 6.61 Å². The first-order valence-electron chi connectivity index (χ1n) is 6.95. The number of carbonyl (C=O) groups excluding carboxylic acids is 1. The molecule has 0 saturated heterocycles. The number of carbonyl (C=O) groups is 1. The normalized spacial score (nSPS) is 10.5. The van der Waals surface area contributed by atoms with Crippen LogP contribution in [0.5, 0.6) is 5.75 Å². The van der Waals surface area contributed by atoms with Gasteiger partial charge in [-0.1, -0.05) is 29.8 Å². The fourth-order valence-corrected chi connectivity index (χ4v) is 2.57. The van der Waals surface area contributed by atoms with E-state index >= 15 is 0 Å². The van der Waals surface area contributed by atoms with Gasteiger partial charge in [0.2, 0.25) is 5.78 Å². The summed E-state index contributed by atoms with van der Waals surface area (Å²) in [7, 11) is 0. The fraction of sp³-hybridized carbons (Fsp3) is 0.278. The average Bonchev–Trinajstić information content (AvgIpc) is 2.44. The number of rotatable bonds is 5. The highest BCUT2D eigenvalue weighted by atomic mass is 16.5. The Labute approximate surface area is 125 Å². The summed E-state index contributed by atoms with van der Waals surface area (Å²) in [5.74, 6) is 0.566. The SMILES string of the molecule is Cc1cc(C)c(C(=O)COc2cccc(CO)c2)c(C)c1. The molecule has 2 rings (SSSR count). The van der Waals surface area contributed by atoms with E-state index in [1.807, 2.05) is 39.0 Å². The zero-order valence-corrected chi connectivity index (χ0v) is 12.6. The second-order valence-electron chi connectivity index (χ2n) is 5.29. The lowest BCUT2D eigenvalue weighted by Crippen LogP contribution is -2.14. The number of hydrogen-bond donors (Lipinski definition) is 1. The zero-order chi connectivity index (χ0) is 15.4. The monoisotopic (exact) mass is 284 g/mol. The van der Waals surface area contributed by atoms with Gasteiger partial charge in [0, 0.05) is 5.56 Å². The molecule has 0 heterocycles. The second kappa shape index (κ2) is 6.55. The van der Waals surface area contributed by atoms with Crippen molar-refractivity contribution >= 4 is 5.78 Å². The molecule has 0 radical (unpaired) electrons. The van der Waals surface area contributed by atoms with E-state index in [9.17, 15) is 4.79 Å².